The van der Waals surface area contributed by atoms with Crippen LogP contribution in [0.5, 0.6) is 0 Å². The fourth-order valence-electron chi connectivity index (χ4n) is 3.75. The van der Waals surface area contributed by atoms with Crippen molar-refractivity contribution in [2.24, 2.45) is 0 Å². The number of hydrogen-bond acceptors (Lipinski definition) is 3. The summed E-state index contributed by atoms with van der Waals surface area (Å²) in [4.78, 5) is 31.3. The summed E-state index contributed by atoms with van der Waals surface area (Å²) >= 11 is 3.42. The molecule has 1 aliphatic heterocycles. The third kappa shape index (κ3) is 3.31. The number of aromatic nitrogens is 1. The van der Waals surface area contributed by atoms with Gasteiger partial charge in [0.15, 0.2) is 0 Å². The van der Waals surface area contributed by atoms with E-state index in [-0.39, 0.29) is 5.91 Å². The van der Waals surface area contributed by atoms with E-state index < -0.39 is 17.9 Å². The molecule has 140 valence electrons. The van der Waals surface area contributed by atoms with Crippen LogP contribution in [0.1, 0.15) is 39.0 Å². The molecule has 0 fully saturated rings. The zero-order valence-electron chi connectivity index (χ0n) is 14.8. The largest absolute Gasteiger partial charge is 0.481 e. The van der Waals surface area contributed by atoms with Gasteiger partial charge >= 0.3 is 5.97 Å². The van der Waals surface area contributed by atoms with Crippen molar-refractivity contribution in [3.63, 3.8) is 0 Å². The zero-order chi connectivity index (χ0) is 19.7. The van der Waals surface area contributed by atoms with Crippen molar-refractivity contribution >= 4 is 27.8 Å². The number of benzene rings is 2. The standard InChI is InChI=1S/C22H17BrN2O3/c23-16-7-5-15(6-8-16)20-19(22(27)28)17-3-1-2-4-18(17)21(26)25(20)13-14-9-11-24-12-10-14/h1-12,19-20H,13H2,(H,27,28). The van der Waals surface area contributed by atoms with Crippen LogP contribution >= 0.6 is 15.9 Å². The number of fused-ring (bicyclic) bond motifs is 1. The highest BCUT2D eigenvalue weighted by Gasteiger charge is 2.44. The normalized spacial score (nSPS) is 18.6. The van der Waals surface area contributed by atoms with Gasteiger partial charge in [0.05, 0.1) is 6.04 Å². The smallest absolute Gasteiger partial charge is 0.313 e. The van der Waals surface area contributed by atoms with Gasteiger partial charge in [-0.25, -0.2) is 0 Å². The Morgan fingerprint density at radius 3 is 2.39 bits per heavy atom. The average molecular weight is 437 g/mol. The Hall–Kier alpha value is -2.99. The summed E-state index contributed by atoms with van der Waals surface area (Å²) in [5.74, 6) is -1.97. The molecule has 4 rings (SSSR count). The summed E-state index contributed by atoms with van der Waals surface area (Å²) in [6.07, 6.45) is 3.34. The minimum Gasteiger partial charge on any atom is -0.481 e. The van der Waals surface area contributed by atoms with Crippen molar-refractivity contribution < 1.29 is 14.7 Å². The maximum Gasteiger partial charge on any atom is 0.313 e. The molecule has 0 spiro atoms. The lowest BCUT2D eigenvalue weighted by Crippen LogP contribution is -2.44. The van der Waals surface area contributed by atoms with E-state index in [1.165, 1.54) is 0 Å². The van der Waals surface area contributed by atoms with Crippen LogP contribution in [-0.2, 0) is 11.3 Å². The maximum absolute atomic E-state index is 13.3. The minimum atomic E-state index is -0.951. The summed E-state index contributed by atoms with van der Waals surface area (Å²) in [7, 11) is 0. The van der Waals surface area contributed by atoms with E-state index in [1.807, 2.05) is 36.4 Å². The third-order valence-electron chi connectivity index (χ3n) is 5.02. The lowest BCUT2D eigenvalue weighted by atomic mass is 9.79. The van der Waals surface area contributed by atoms with Gasteiger partial charge in [0, 0.05) is 29.0 Å². The number of amides is 1. The molecular weight excluding hydrogens is 420 g/mol. The maximum atomic E-state index is 13.3. The van der Waals surface area contributed by atoms with Gasteiger partial charge in [-0.1, -0.05) is 46.3 Å². The van der Waals surface area contributed by atoms with Crippen molar-refractivity contribution in [3.8, 4) is 0 Å². The highest BCUT2D eigenvalue weighted by Crippen LogP contribution is 2.43. The van der Waals surface area contributed by atoms with Crippen molar-refractivity contribution in [2.45, 2.75) is 18.5 Å². The molecule has 2 heterocycles. The summed E-state index contributed by atoms with van der Waals surface area (Å²) in [6.45, 7) is 0.306. The van der Waals surface area contributed by atoms with Gasteiger partial charge in [-0.15, -0.1) is 0 Å². The molecule has 2 aromatic carbocycles. The van der Waals surface area contributed by atoms with E-state index in [0.717, 1.165) is 15.6 Å². The fourth-order valence-corrected chi connectivity index (χ4v) is 4.01. The molecule has 1 aromatic heterocycles. The molecular formula is C22H17BrN2O3. The van der Waals surface area contributed by atoms with Crippen molar-refractivity contribution in [1.29, 1.82) is 0 Å². The molecule has 0 saturated carbocycles. The van der Waals surface area contributed by atoms with Crippen LogP contribution in [0.15, 0.2) is 77.5 Å². The number of carbonyl (C=O) groups is 2. The highest BCUT2D eigenvalue weighted by molar-refractivity contribution is 9.10. The van der Waals surface area contributed by atoms with E-state index in [1.54, 1.807) is 41.6 Å². The van der Waals surface area contributed by atoms with Crippen molar-refractivity contribution in [2.75, 3.05) is 0 Å². The first-order valence-electron chi connectivity index (χ1n) is 8.83. The zero-order valence-corrected chi connectivity index (χ0v) is 16.4. The first-order chi connectivity index (χ1) is 13.6. The van der Waals surface area contributed by atoms with Crippen LogP contribution in [0.2, 0.25) is 0 Å². The SMILES string of the molecule is O=C(O)C1c2ccccc2C(=O)N(Cc2ccncc2)C1c1ccc(Br)cc1. The Bertz CT molecular complexity index is 1020. The molecule has 0 saturated heterocycles. The van der Waals surface area contributed by atoms with Crippen molar-refractivity contribution in [1.82, 2.24) is 9.88 Å². The first kappa shape index (κ1) is 18.4. The molecule has 2 unspecified atom stereocenters. The van der Waals surface area contributed by atoms with E-state index >= 15 is 0 Å². The number of hydrogen-bond donors (Lipinski definition) is 1. The van der Waals surface area contributed by atoms with E-state index in [9.17, 15) is 14.7 Å². The molecule has 1 aliphatic rings. The number of carboxylic acids is 1. The van der Waals surface area contributed by atoms with Gasteiger partial charge in [-0.2, -0.15) is 0 Å². The first-order valence-corrected chi connectivity index (χ1v) is 9.62. The Morgan fingerprint density at radius 2 is 1.71 bits per heavy atom. The number of pyridine rings is 1. The molecule has 3 aromatic rings. The molecule has 5 nitrogen and oxygen atoms in total. The molecule has 0 aliphatic carbocycles. The molecule has 0 bridgehead atoms. The van der Waals surface area contributed by atoms with Crippen LogP contribution in [0.4, 0.5) is 0 Å². The van der Waals surface area contributed by atoms with Gasteiger partial charge < -0.3 is 10.0 Å². The van der Waals surface area contributed by atoms with Crippen LogP contribution in [-0.4, -0.2) is 26.9 Å². The summed E-state index contributed by atoms with van der Waals surface area (Å²) < 4.78 is 0.895. The Labute approximate surface area is 170 Å². The predicted molar refractivity (Wildman–Crippen MR) is 108 cm³/mol. The third-order valence-corrected chi connectivity index (χ3v) is 5.55. The Kier molecular flexibility index (Phi) is 4.96. The summed E-state index contributed by atoms with van der Waals surface area (Å²) in [6, 6.07) is 17.5. The minimum absolute atomic E-state index is 0.169. The second kappa shape index (κ2) is 7.56. The topological polar surface area (TPSA) is 70.5 Å². The molecule has 2 atom stereocenters. The number of nitrogens with zero attached hydrogens (tertiary/aromatic N) is 2. The molecule has 0 radical (unpaired) electrons. The van der Waals surface area contributed by atoms with Crippen LogP contribution in [0, 0.1) is 0 Å². The van der Waals surface area contributed by atoms with Crippen LogP contribution < -0.4 is 0 Å². The summed E-state index contributed by atoms with van der Waals surface area (Å²) in [5, 5.41) is 10.1. The Balaban J connectivity index is 1.88. The van der Waals surface area contributed by atoms with Gasteiger partial charge in [-0.05, 0) is 47.0 Å². The molecule has 28 heavy (non-hydrogen) atoms. The fraction of sp³-hybridized carbons (Fsp3) is 0.136. The summed E-state index contributed by atoms with van der Waals surface area (Å²) in [5.41, 5.74) is 2.68. The van der Waals surface area contributed by atoms with E-state index in [4.69, 9.17) is 0 Å². The van der Waals surface area contributed by atoms with Crippen LogP contribution in [0.25, 0.3) is 0 Å². The predicted octanol–water partition coefficient (Wildman–Crippen LogP) is 4.41. The lowest BCUT2D eigenvalue weighted by molar-refractivity contribution is -0.140. The second-order valence-electron chi connectivity index (χ2n) is 6.69. The second-order valence-corrected chi connectivity index (χ2v) is 7.60. The van der Waals surface area contributed by atoms with Crippen LogP contribution in [0.3, 0.4) is 0 Å². The Morgan fingerprint density at radius 1 is 1.04 bits per heavy atom. The molecule has 6 heteroatoms. The molecule has 1 amide bonds. The number of rotatable bonds is 4. The lowest BCUT2D eigenvalue weighted by Gasteiger charge is -2.41. The number of carbonyl (C=O) groups excluding carboxylic acids is 1. The molecule has 1 N–H and O–H groups in total. The van der Waals surface area contributed by atoms with E-state index in [2.05, 4.69) is 20.9 Å². The number of carboxylic acid groups (broad SMARTS) is 1. The average Bonchev–Trinajstić information content (AvgIpc) is 2.71. The van der Waals surface area contributed by atoms with Gasteiger partial charge in [0.2, 0.25) is 0 Å². The number of halogens is 1. The van der Waals surface area contributed by atoms with Gasteiger partial charge in [0.1, 0.15) is 5.92 Å². The van der Waals surface area contributed by atoms with Gasteiger partial charge in [0.25, 0.3) is 5.91 Å². The quantitative estimate of drug-likeness (QED) is 0.657. The van der Waals surface area contributed by atoms with E-state index in [0.29, 0.717) is 17.7 Å². The van der Waals surface area contributed by atoms with Crippen molar-refractivity contribution in [3.05, 3.63) is 99.8 Å². The monoisotopic (exact) mass is 436 g/mol. The van der Waals surface area contributed by atoms with Gasteiger partial charge in [-0.3, -0.25) is 14.6 Å². The highest BCUT2D eigenvalue weighted by atomic mass is 79.9. The number of aliphatic carboxylic acids is 1.